The summed E-state index contributed by atoms with van der Waals surface area (Å²) in [6, 6.07) is 0.576. The molecule has 68 valence electrons. The first-order valence-corrected chi connectivity index (χ1v) is 4.87. The molecule has 3 heteroatoms. The Morgan fingerprint density at radius 3 is 3.00 bits per heavy atom. The number of nitrogens with zero attached hydrogens (tertiary/aromatic N) is 1. The maximum Gasteiger partial charge on any atom is 0.222 e. The highest BCUT2D eigenvalue weighted by molar-refractivity contribution is 5.78. The van der Waals surface area contributed by atoms with E-state index in [1.165, 1.54) is 12.8 Å². The van der Waals surface area contributed by atoms with Gasteiger partial charge in [0.2, 0.25) is 5.91 Å². The summed E-state index contributed by atoms with van der Waals surface area (Å²) in [5.74, 6) is 0.351. The van der Waals surface area contributed by atoms with E-state index in [2.05, 4.69) is 5.32 Å². The fourth-order valence-corrected chi connectivity index (χ4v) is 2.08. The van der Waals surface area contributed by atoms with Crippen LogP contribution >= 0.6 is 0 Å². The standard InChI is InChI=1S/C9H16N2O/c12-9-4-2-6-11(9)7-8-3-1-5-10-8/h8,10H,1-7H2/t8-/m0/s1. The molecular weight excluding hydrogens is 152 g/mol. The monoisotopic (exact) mass is 168 g/mol. The number of hydrogen-bond acceptors (Lipinski definition) is 2. The number of nitrogens with one attached hydrogen (secondary N) is 1. The Hall–Kier alpha value is -0.570. The van der Waals surface area contributed by atoms with Crippen LogP contribution in [0, 0.1) is 0 Å². The summed E-state index contributed by atoms with van der Waals surface area (Å²) >= 11 is 0. The molecule has 0 aromatic rings. The van der Waals surface area contributed by atoms with E-state index < -0.39 is 0 Å². The lowest BCUT2D eigenvalue weighted by atomic mass is 10.2. The molecule has 2 saturated heterocycles. The topological polar surface area (TPSA) is 32.3 Å². The first kappa shape index (κ1) is 8.05. The van der Waals surface area contributed by atoms with Crippen molar-refractivity contribution in [3.8, 4) is 0 Å². The minimum absolute atomic E-state index is 0.351. The van der Waals surface area contributed by atoms with Crippen molar-refractivity contribution in [1.29, 1.82) is 0 Å². The van der Waals surface area contributed by atoms with E-state index in [-0.39, 0.29) is 0 Å². The molecule has 12 heavy (non-hydrogen) atoms. The molecule has 1 atom stereocenters. The second kappa shape index (κ2) is 3.44. The van der Waals surface area contributed by atoms with Gasteiger partial charge in [0.1, 0.15) is 0 Å². The second-order valence-electron chi connectivity index (χ2n) is 3.74. The predicted octanol–water partition coefficient (Wildman–Crippen LogP) is 0.361. The smallest absolute Gasteiger partial charge is 0.222 e. The van der Waals surface area contributed by atoms with Crippen molar-refractivity contribution in [2.45, 2.75) is 31.7 Å². The minimum Gasteiger partial charge on any atom is -0.341 e. The van der Waals surface area contributed by atoms with Gasteiger partial charge >= 0.3 is 0 Å². The van der Waals surface area contributed by atoms with Crippen molar-refractivity contribution in [2.24, 2.45) is 0 Å². The molecule has 0 unspecified atom stereocenters. The van der Waals surface area contributed by atoms with E-state index in [9.17, 15) is 4.79 Å². The molecule has 3 nitrogen and oxygen atoms in total. The van der Waals surface area contributed by atoms with Crippen LogP contribution in [0.4, 0.5) is 0 Å². The largest absolute Gasteiger partial charge is 0.341 e. The third kappa shape index (κ3) is 1.61. The van der Waals surface area contributed by atoms with Crippen molar-refractivity contribution >= 4 is 5.91 Å². The van der Waals surface area contributed by atoms with Crippen LogP contribution in [0.15, 0.2) is 0 Å². The lowest BCUT2D eigenvalue weighted by Gasteiger charge is -2.19. The Kier molecular flexibility index (Phi) is 2.30. The zero-order valence-electron chi connectivity index (χ0n) is 7.38. The third-order valence-electron chi connectivity index (χ3n) is 2.77. The number of amides is 1. The Morgan fingerprint density at radius 2 is 2.42 bits per heavy atom. The molecule has 2 heterocycles. The van der Waals surface area contributed by atoms with Gasteiger partial charge in [-0.3, -0.25) is 4.79 Å². The molecule has 0 saturated carbocycles. The summed E-state index contributed by atoms with van der Waals surface area (Å²) < 4.78 is 0. The van der Waals surface area contributed by atoms with Gasteiger partial charge in [-0.1, -0.05) is 0 Å². The van der Waals surface area contributed by atoms with Crippen molar-refractivity contribution in [2.75, 3.05) is 19.6 Å². The maximum atomic E-state index is 11.3. The molecule has 0 aliphatic carbocycles. The minimum atomic E-state index is 0.351. The Balaban J connectivity index is 1.81. The normalized spacial score (nSPS) is 30.2. The maximum absolute atomic E-state index is 11.3. The van der Waals surface area contributed by atoms with Crippen LogP contribution in [-0.4, -0.2) is 36.5 Å². The molecule has 0 aromatic heterocycles. The van der Waals surface area contributed by atoms with Crippen molar-refractivity contribution in [3.63, 3.8) is 0 Å². The Morgan fingerprint density at radius 1 is 1.50 bits per heavy atom. The second-order valence-corrected chi connectivity index (χ2v) is 3.74. The zero-order chi connectivity index (χ0) is 8.39. The van der Waals surface area contributed by atoms with Crippen LogP contribution in [0.2, 0.25) is 0 Å². The van der Waals surface area contributed by atoms with Crippen LogP contribution in [0.1, 0.15) is 25.7 Å². The fraction of sp³-hybridized carbons (Fsp3) is 0.889. The van der Waals surface area contributed by atoms with Crippen LogP contribution < -0.4 is 5.32 Å². The van der Waals surface area contributed by atoms with Gasteiger partial charge in [0.25, 0.3) is 0 Å². The van der Waals surface area contributed by atoms with Gasteiger partial charge in [0, 0.05) is 25.6 Å². The first-order chi connectivity index (χ1) is 5.86. The summed E-state index contributed by atoms with van der Waals surface area (Å²) in [5, 5.41) is 3.41. The molecule has 2 rings (SSSR count). The van der Waals surface area contributed by atoms with Crippen molar-refractivity contribution in [3.05, 3.63) is 0 Å². The molecule has 0 aromatic carbocycles. The molecule has 0 bridgehead atoms. The van der Waals surface area contributed by atoms with E-state index >= 15 is 0 Å². The van der Waals surface area contributed by atoms with Gasteiger partial charge in [-0.2, -0.15) is 0 Å². The van der Waals surface area contributed by atoms with Crippen LogP contribution in [-0.2, 0) is 4.79 Å². The first-order valence-electron chi connectivity index (χ1n) is 4.87. The van der Waals surface area contributed by atoms with Crippen LogP contribution in [0.3, 0.4) is 0 Å². The molecule has 1 amide bonds. The van der Waals surface area contributed by atoms with E-state index in [0.717, 1.165) is 32.5 Å². The van der Waals surface area contributed by atoms with E-state index in [0.29, 0.717) is 11.9 Å². The molecule has 2 aliphatic heterocycles. The van der Waals surface area contributed by atoms with Crippen molar-refractivity contribution < 1.29 is 4.79 Å². The van der Waals surface area contributed by atoms with Gasteiger partial charge in [0.05, 0.1) is 0 Å². The molecule has 0 spiro atoms. The Bertz CT molecular complexity index is 175. The summed E-state index contributed by atoms with van der Waals surface area (Å²) in [4.78, 5) is 13.3. The number of likely N-dealkylation sites (tertiary alicyclic amines) is 1. The summed E-state index contributed by atoms with van der Waals surface area (Å²) in [5.41, 5.74) is 0. The lowest BCUT2D eigenvalue weighted by molar-refractivity contribution is -0.127. The van der Waals surface area contributed by atoms with Crippen LogP contribution in [0.5, 0.6) is 0 Å². The van der Waals surface area contributed by atoms with Gasteiger partial charge < -0.3 is 10.2 Å². The average molecular weight is 168 g/mol. The zero-order valence-corrected chi connectivity index (χ0v) is 7.38. The lowest BCUT2D eigenvalue weighted by Crippen LogP contribution is -2.38. The van der Waals surface area contributed by atoms with E-state index in [4.69, 9.17) is 0 Å². The summed E-state index contributed by atoms with van der Waals surface area (Å²) in [6.45, 7) is 3.06. The van der Waals surface area contributed by atoms with Gasteiger partial charge in [-0.15, -0.1) is 0 Å². The number of carbonyl (C=O) groups is 1. The SMILES string of the molecule is O=C1CCCN1C[C@@H]1CCCN1. The highest BCUT2D eigenvalue weighted by Gasteiger charge is 2.24. The number of hydrogen-bond donors (Lipinski definition) is 1. The van der Waals surface area contributed by atoms with Gasteiger partial charge in [-0.05, 0) is 25.8 Å². The highest BCUT2D eigenvalue weighted by Crippen LogP contribution is 2.13. The highest BCUT2D eigenvalue weighted by atomic mass is 16.2. The van der Waals surface area contributed by atoms with E-state index in [1.807, 2.05) is 4.90 Å². The van der Waals surface area contributed by atoms with Crippen LogP contribution in [0.25, 0.3) is 0 Å². The quantitative estimate of drug-likeness (QED) is 0.645. The summed E-state index contributed by atoms with van der Waals surface area (Å²) in [6.07, 6.45) is 4.34. The van der Waals surface area contributed by atoms with Gasteiger partial charge in [-0.25, -0.2) is 0 Å². The fourth-order valence-electron chi connectivity index (χ4n) is 2.08. The summed E-state index contributed by atoms with van der Waals surface area (Å²) in [7, 11) is 0. The Labute approximate surface area is 73.1 Å². The predicted molar refractivity (Wildman–Crippen MR) is 46.8 cm³/mol. The average Bonchev–Trinajstić information content (AvgIpc) is 2.65. The molecular formula is C9H16N2O. The molecule has 0 radical (unpaired) electrons. The molecule has 1 N–H and O–H groups in total. The van der Waals surface area contributed by atoms with Gasteiger partial charge in [0.15, 0.2) is 0 Å². The van der Waals surface area contributed by atoms with E-state index in [1.54, 1.807) is 0 Å². The number of rotatable bonds is 2. The third-order valence-corrected chi connectivity index (χ3v) is 2.77. The molecule has 2 aliphatic rings. The van der Waals surface area contributed by atoms with Crippen molar-refractivity contribution in [1.82, 2.24) is 10.2 Å². The molecule has 2 fully saturated rings. The number of carbonyl (C=O) groups excluding carboxylic acids is 1.